The van der Waals surface area contributed by atoms with Gasteiger partial charge in [0.15, 0.2) is 0 Å². The highest BCUT2D eigenvalue weighted by molar-refractivity contribution is 6.46. The molecule has 4 rings (SSSR count). The van der Waals surface area contributed by atoms with Crippen molar-refractivity contribution in [2.45, 2.75) is 38.6 Å². The number of nitrogens with one attached hydrogen (secondary N) is 1. The number of halogens is 3. The Morgan fingerprint density at radius 3 is 2.45 bits per heavy atom. The maximum Gasteiger partial charge on any atom is 0.336 e. The average Bonchev–Trinajstić information content (AvgIpc) is 2.72. The number of hydrogen-bond acceptors (Lipinski definition) is 4. The third-order valence-electron chi connectivity index (χ3n) is 6.33. The van der Waals surface area contributed by atoms with Crippen LogP contribution in [0.1, 0.15) is 44.2 Å². The number of anilines is 2. The van der Waals surface area contributed by atoms with Gasteiger partial charge in [-0.25, -0.2) is 9.69 Å². The van der Waals surface area contributed by atoms with Crippen LogP contribution in [0, 0.1) is 0 Å². The molecule has 2 aromatic rings. The monoisotopic (exact) mass is 505 g/mol. The van der Waals surface area contributed by atoms with Crippen molar-refractivity contribution in [2.75, 3.05) is 16.8 Å². The molecule has 172 valence electrons. The first kappa shape index (κ1) is 23.6. The normalized spacial score (nSPS) is 21.4. The summed E-state index contributed by atoms with van der Waals surface area (Å²) in [7, 11) is 2.02. The summed E-state index contributed by atoms with van der Waals surface area (Å²) in [5.74, 6) is -1.37. The number of imide groups is 2. The molecule has 1 fully saturated rings. The van der Waals surface area contributed by atoms with Crippen molar-refractivity contribution in [2.24, 2.45) is 0 Å². The Morgan fingerprint density at radius 2 is 1.76 bits per heavy atom. The van der Waals surface area contributed by atoms with Gasteiger partial charge in [-0.1, -0.05) is 47.8 Å². The summed E-state index contributed by atoms with van der Waals surface area (Å²) in [6.45, 7) is 6.49. The van der Waals surface area contributed by atoms with Crippen LogP contribution in [-0.4, -0.2) is 30.4 Å². The number of carbonyl (C=O) groups excluding carboxylic acids is 3. The van der Waals surface area contributed by atoms with E-state index in [9.17, 15) is 14.4 Å². The average molecular weight is 507 g/mol. The minimum Gasteiger partial charge on any atom is -0.369 e. The van der Waals surface area contributed by atoms with Crippen molar-refractivity contribution in [1.82, 2.24) is 5.32 Å². The summed E-state index contributed by atoms with van der Waals surface area (Å²) in [5, 5.41) is 2.79. The summed E-state index contributed by atoms with van der Waals surface area (Å²) in [6, 6.07) is 7.42. The van der Waals surface area contributed by atoms with Gasteiger partial charge >= 0.3 is 6.03 Å². The molecule has 0 bridgehead atoms. The van der Waals surface area contributed by atoms with E-state index in [0.717, 1.165) is 22.6 Å². The van der Waals surface area contributed by atoms with E-state index in [0.29, 0.717) is 10.6 Å². The largest absolute Gasteiger partial charge is 0.369 e. The summed E-state index contributed by atoms with van der Waals surface area (Å²) in [5.41, 5.74) is 2.41. The Morgan fingerprint density at radius 1 is 1.06 bits per heavy atom. The molecular weight excluding hydrogens is 485 g/mol. The van der Waals surface area contributed by atoms with Crippen LogP contribution in [0.2, 0.25) is 15.1 Å². The van der Waals surface area contributed by atoms with Crippen molar-refractivity contribution in [3.05, 3.63) is 62.1 Å². The highest BCUT2D eigenvalue weighted by Crippen LogP contribution is 2.44. The van der Waals surface area contributed by atoms with Crippen molar-refractivity contribution in [3.8, 4) is 0 Å². The molecule has 2 aromatic carbocycles. The highest BCUT2D eigenvalue weighted by atomic mass is 35.5. The zero-order valence-corrected chi connectivity index (χ0v) is 20.8. The lowest BCUT2D eigenvalue weighted by Crippen LogP contribution is -2.54. The second-order valence-corrected chi connectivity index (χ2v) is 10.1. The fourth-order valence-corrected chi connectivity index (χ4v) is 5.00. The van der Waals surface area contributed by atoms with Gasteiger partial charge in [0.05, 0.1) is 15.7 Å². The lowest BCUT2D eigenvalue weighted by atomic mass is 9.80. The summed E-state index contributed by atoms with van der Waals surface area (Å²) >= 11 is 18.9. The molecule has 33 heavy (non-hydrogen) atoms. The van der Waals surface area contributed by atoms with E-state index in [1.165, 1.54) is 18.2 Å². The van der Waals surface area contributed by atoms with Crippen molar-refractivity contribution in [1.29, 1.82) is 0 Å². The number of rotatable bonds is 2. The molecule has 6 nitrogen and oxygen atoms in total. The smallest absolute Gasteiger partial charge is 0.336 e. The van der Waals surface area contributed by atoms with Crippen LogP contribution in [0.5, 0.6) is 0 Å². The second-order valence-electron chi connectivity index (χ2n) is 8.94. The first-order chi connectivity index (χ1) is 15.4. The zero-order chi connectivity index (χ0) is 24.2. The van der Waals surface area contributed by atoms with Crippen molar-refractivity contribution >= 4 is 70.1 Å². The van der Waals surface area contributed by atoms with Gasteiger partial charge in [-0.2, -0.15) is 0 Å². The van der Waals surface area contributed by atoms with E-state index in [4.69, 9.17) is 34.8 Å². The molecule has 1 unspecified atom stereocenters. The quantitative estimate of drug-likeness (QED) is 0.398. The van der Waals surface area contributed by atoms with Gasteiger partial charge < -0.3 is 4.90 Å². The van der Waals surface area contributed by atoms with E-state index in [1.807, 2.05) is 19.2 Å². The first-order valence-electron chi connectivity index (χ1n) is 10.3. The molecule has 0 spiro atoms. The Balaban J connectivity index is 1.79. The second kappa shape index (κ2) is 8.35. The minimum atomic E-state index is -0.902. The van der Waals surface area contributed by atoms with Crippen LogP contribution in [0.4, 0.5) is 16.2 Å². The maximum absolute atomic E-state index is 13.2. The molecule has 1 saturated heterocycles. The molecule has 0 radical (unpaired) electrons. The van der Waals surface area contributed by atoms with Crippen molar-refractivity contribution in [3.63, 3.8) is 0 Å². The Labute approximate surface area is 207 Å². The summed E-state index contributed by atoms with van der Waals surface area (Å²) in [4.78, 5) is 41.3. The molecule has 2 heterocycles. The van der Waals surface area contributed by atoms with E-state index < -0.39 is 17.8 Å². The predicted octanol–water partition coefficient (Wildman–Crippen LogP) is 6.04. The molecular formula is C24H22Cl3N3O3. The molecule has 1 atom stereocenters. The topological polar surface area (TPSA) is 69.7 Å². The van der Waals surface area contributed by atoms with Gasteiger partial charge in [0, 0.05) is 23.3 Å². The van der Waals surface area contributed by atoms with Crippen LogP contribution >= 0.6 is 34.8 Å². The summed E-state index contributed by atoms with van der Waals surface area (Å²) < 4.78 is 0. The van der Waals surface area contributed by atoms with Gasteiger partial charge in [-0.15, -0.1) is 0 Å². The van der Waals surface area contributed by atoms with Crippen molar-refractivity contribution < 1.29 is 14.4 Å². The Kier molecular flexibility index (Phi) is 5.97. The van der Waals surface area contributed by atoms with Crippen LogP contribution in [-0.2, 0) is 9.59 Å². The molecule has 0 aromatic heterocycles. The van der Waals surface area contributed by atoms with E-state index in [1.54, 1.807) is 6.07 Å². The molecule has 2 aliphatic rings. The van der Waals surface area contributed by atoms with Gasteiger partial charge in [0.25, 0.3) is 11.8 Å². The van der Waals surface area contributed by atoms with Crippen LogP contribution in [0.25, 0.3) is 6.08 Å². The number of carbonyl (C=O) groups is 3. The number of nitrogens with zero attached hydrogens (tertiary/aromatic N) is 2. The van der Waals surface area contributed by atoms with Crippen LogP contribution in [0.3, 0.4) is 0 Å². The van der Waals surface area contributed by atoms with Gasteiger partial charge in [0.2, 0.25) is 0 Å². The standard InChI is InChI=1S/C24H22Cl3N3O3/c1-12-11-24(2,3)29(4)19-10-17(26)13(8-14(12)19)9-15-21(31)28-23(33)30(22(15)32)18-7-5-6-16(25)20(18)27/h5-10,12H,11H2,1-4H3,(H,28,31,33)/b15-9-. The lowest BCUT2D eigenvalue weighted by Gasteiger charge is -2.45. The predicted molar refractivity (Wildman–Crippen MR) is 132 cm³/mol. The first-order valence-corrected chi connectivity index (χ1v) is 11.5. The third kappa shape index (κ3) is 4.01. The van der Waals surface area contributed by atoms with Gasteiger partial charge in [-0.05, 0) is 67.7 Å². The summed E-state index contributed by atoms with van der Waals surface area (Å²) in [6.07, 6.45) is 2.34. The number of hydrogen-bond donors (Lipinski definition) is 1. The molecule has 1 N–H and O–H groups in total. The van der Waals surface area contributed by atoms with E-state index in [2.05, 4.69) is 31.0 Å². The Bertz CT molecular complexity index is 1240. The number of urea groups is 1. The zero-order valence-electron chi connectivity index (χ0n) is 18.5. The SMILES string of the molecule is CC1CC(C)(C)N(C)c2cc(Cl)c(/C=C3/C(=O)NC(=O)N(c4cccc(Cl)c4Cl)C3=O)cc21. The Hall–Kier alpha value is -2.54. The fourth-order valence-electron chi connectivity index (χ4n) is 4.41. The van der Waals surface area contributed by atoms with Crippen LogP contribution in [0.15, 0.2) is 35.9 Å². The fraction of sp³-hybridized carbons (Fsp3) is 0.292. The minimum absolute atomic E-state index is 0.0302. The highest BCUT2D eigenvalue weighted by Gasteiger charge is 2.39. The van der Waals surface area contributed by atoms with Gasteiger partial charge in [-0.3, -0.25) is 14.9 Å². The van der Waals surface area contributed by atoms with E-state index >= 15 is 0 Å². The van der Waals surface area contributed by atoms with Gasteiger partial charge in [0.1, 0.15) is 5.57 Å². The number of fused-ring (bicyclic) bond motifs is 1. The number of benzene rings is 2. The van der Waals surface area contributed by atoms with Crippen LogP contribution < -0.4 is 15.1 Å². The van der Waals surface area contributed by atoms with E-state index in [-0.39, 0.29) is 32.8 Å². The maximum atomic E-state index is 13.2. The number of barbiturate groups is 1. The molecule has 9 heteroatoms. The molecule has 2 aliphatic heterocycles. The molecule has 0 saturated carbocycles. The molecule has 4 amide bonds. The third-order valence-corrected chi connectivity index (χ3v) is 7.46. The molecule has 0 aliphatic carbocycles. The number of amides is 4. The lowest BCUT2D eigenvalue weighted by molar-refractivity contribution is -0.122.